The molecule has 198 valence electrons. The van der Waals surface area contributed by atoms with E-state index in [0.29, 0.717) is 46.3 Å². The second kappa shape index (κ2) is 9.63. The van der Waals surface area contributed by atoms with Gasteiger partial charge in [0, 0.05) is 19.7 Å². The molecule has 0 bridgehead atoms. The summed E-state index contributed by atoms with van der Waals surface area (Å²) >= 11 is 6.03. The average Bonchev–Trinajstić information content (AvgIpc) is 3.20. The molecule has 3 aliphatic carbocycles. The first-order valence-corrected chi connectivity index (χ1v) is 14.1. The fraction of sp³-hybridized carbons (Fsp3) is 0.786. The Morgan fingerprint density at radius 3 is 2.81 bits per heavy atom. The molecule has 0 saturated heterocycles. The Kier molecular flexibility index (Phi) is 6.97. The first kappa shape index (κ1) is 26.1. The summed E-state index contributed by atoms with van der Waals surface area (Å²) in [5.41, 5.74) is 0.786. The molecule has 3 fully saturated rings. The van der Waals surface area contributed by atoms with Crippen LogP contribution in [0.5, 0.6) is 0 Å². The van der Waals surface area contributed by atoms with E-state index in [1.807, 2.05) is 14.0 Å². The molecule has 2 aromatic rings. The summed E-state index contributed by atoms with van der Waals surface area (Å²) in [5, 5.41) is 19.7. The van der Waals surface area contributed by atoms with Crippen molar-refractivity contribution in [2.75, 3.05) is 13.7 Å². The van der Waals surface area contributed by atoms with E-state index in [4.69, 9.17) is 16.3 Å². The number of carbonyl (C=O) groups excluding carboxylic acids is 1. The van der Waals surface area contributed by atoms with Gasteiger partial charge in [0.25, 0.3) is 0 Å². The lowest BCUT2D eigenvalue weighted by atomic mass is 9.43. The summed E-state index contributed by atoms with van der Waals surface area (Å²) in [5.74, 6) is 2.42. The van der Waals surface area contributed by atoms with E-state index in [2.05, 4.69) is 29.1 Å². The van der Waals surface area contributed by atoms with Crippen molar-refractivity contribution in [1.82, 2.24) is 20.0 Å². The van der Waals surface area contributed by atoms with Gasteiger partial charge in [0.1, 0.15) is 12.1 Å². The number of aromatic nitrogens is 4. The molecular weight excluding hydrogens is 476 g/mol. The Bertz CT molecular complexity index is 1120. The van der Waals surface area contributed by atoms with Crippen LogP contribution in [0.1, 0.15) is 78.6 Å². The zero-order valence-corrected chi connectivity index (χ0v) is 22.9. The molecular formula is C28H41ClN4O3. The van der Waals surface area contributed by atoms with Crippen LogP contribution in [0.3, 0.4) is 0 Å². The zero-order chi connectivity index (χ0) is 25.7. The standard InChI is InChI=1S/C28H41ClN4O3/c1-5-22-21-7-6-18-13-27(3,35)10-11-28(18,17-36-4)23(21)8-9-26(22,2)14-20(34)16-33-25-24(31-32-33)12-19(29)15-30-25/h12,15,18,21-23,35H,5-11,13-14,16-17H2,1-4H3. The Hall–Kier alpha value is -1.57. The third kappa shape index (κ3) is 4.49. The van der Waals surface area contributed by atoms with Crippen molar-refractivity contribution in [2.24, 2.45) is 34.5 Å². The molecule has 0 amide bonds. The van der Waals surface area contributed by atoms with Crippen molar-refractivity contribution in [3.8, 4) is 0 Å². The number of hydrogen-bond acceptors (Lipinski definition) is 6. The van der Waals surface area contributed by atoms with Crippen LogP contribution in [-0.2, 0) is 16.1 Å². The van der Waals surface area contributed by atoms with Crippen LogP contribution in [-0.4, -0.2) is 50.2 Å². The van der Waals surface area contributed by atoms with Gasteiger partial charge in [-0.05, 0) is 92.4 Å². The monoisotopic (exact) mass is 516 g/mol. The van der Waals surface area contributed by atoms with E-state index in [0.717, 1.165) is 51.6 Å². The number of hydrogen-bond donors (Lipinski definition) is 1. The number of halogens is 1. The predicted octanol–water partition coefficient (Wildman–Crippen LogP) is 5.48. The van der Waals surface area contributed by atoms with Gasteiger partial charge in [-0.1, -0.05) is 37.1 Å². The van der Waals surface area contributed by atoms with Gasteiger partial charge < -0.3 is 9.84 Å². The zero-order valence-electron chi connectivity index (χ0n) is 22.2. The molecule has 7 unspecified atom stereocenters. The Balaban J connectivity index is 1.34. The lowest BCUT2D eigenvalue weighted by Gasteiger charge is -2.63. The van der Waals surface area contributed by atoms with E-state index < -0.39 is 5.60 Å². The SMILES string of the molecule is CCC1C2CCC3CC(C)(O)CCC3(COC)C2CCC1(C)CC(=O)Cn1nnc2cc(Cl)cnc21. The summed E-state index contributed by atoms with van der Waals surface area (Å²) in [6.07, 6.45) is 10.5. The molecule has 3 saturated carbocycles. The minimum absolute atomic E-state index is 0.0264. The number of carbonyl (C=O) groups is 1. The predicted molar refractivity (Wildman–Crippen MR) is 140 cm³/mol. The molecule has 5 rings (SSSR count). The first-order chi connectivity index (χ1) is 17.1. The third-order valence-electron chi connectivity index (χ3n) is 10.3. The van der Waals surface area contributed by atoms with Crippen LogP contribution < -0.4 is 0 Å². The van der Waals surface area contributed by atoms with Gasteiger partial charge >= 0.3 is 0 Å². The maximum atomic E-state index is 13.4. The highest BCUT2D eigenvalue weighted by molar-refractivity contribution is 6.31. The van der Waals surface area contributed by atoms with Gasteiger partial charge in [-0.25, -0.2) is 9.67 Å². The fourth-order valence-corrected chi connectivity index (χ4v) is 8.96. The molecule has 7 atom stereocenters. The maximum Gasteiger partial charge on any atom is 0.178 e. The number of rotatable bonds is 7. The number of nitrogens with zero attached hydrogens (tertiary/aromatic N) is 4. The van der Waals surface area contributed by atoms with Gasteiger partial charge in [-0.3, -0.25) is 4.79 Å². The molecule has 2 aromatic heterocycles. The molecule has 0 radical (unpaired) electrons. The number of methoxy groups -OCH3 is 1. The first-order valence-electron chi connectivity index (χ1n) is 13.7. The van der Waals surface area contributed by atoms with Crippen molar-refractivity contribution >= 4 is 28.5 Å². The summed E-state index contributed by atoms with van der Waals surface area (Å²) in [4.78, 5) is 17.7. The molecule has 7 nitrogen and oxygen atoms in total. The van der Waals surface area contributed by atoms with Crippen LogP contribution in [0.15, 0.2) is 12.3 Å². The second-order valence-corrected chi connectivity index (χ2v) is 13.0. The third-order valence-corrected chi connectivity index (χ3v) is 10.5. The number of aliphatic hydroxyl groups is 1. The summed E-state index contributed by atoms with van der Waals surface area (Å²) in [6.45, 7) is 7.63. The number of ketones is 1. The van der Waals surface area contributed by atoms with Gasteiger partial charge in [0.05, 0.1) is 17.2 Å². The van der Waals surface area contributed by atoms with E-state index in [1.54, 1.807) is 16.9 Å². The lowest BCUT2D eigenvalue weighted by Crippen LogP contribution is -2.58. The quantitative estimate of drug-likeness (QED) is 0.524. The lowest BCUT2D eigenvalue weighted by molar-refractivity contribution is -0.177. The van der Waals surface area contributed by atoms with E-state index in [1.165, 1.54) is 6.42 Å². The van der Waals surface area contributed by atoms with E-state index in [-0.39, 0.29) is 23.2 Å². The summed E-state index contributed by atoms with van der Waals surface area (Å²) in [6, 6.07) is 1.73. The Morgan fingerprint density at radius 1 is 1.25 bits per heavy atom. The van der Waals surface area contributed by atoms with Crippen molar-refractivity contribution < 1.29 is 14.6 Å². The molecule has 0 aliphatic heterocycles. The van der Waals surface area contributed by atoms with Gasteiger partial charge in [0.15, 0.2) is 11.4 Å². The van der Waals surface area contributed by atoms with Crippen molar-refractivity contribution in [1.29, 1.82) is 0 Å². The van der Waals surface area contributed by atoms with Crippen LogP contribution in [0.25, 0.3) is 11.2 Å². The Morgan fingerprint density at radius 2 is 2.06 bits per heavy atom. The van der Waals surface area contributed by atoms with Gasteiger partial charge in [-0.15, -0.1) is 5.10 Å². The normalized spacial score (nSPS) is 38.5. The van der Waals surface area contributed by atoms with Crippen molar-refractivity contribution in [3.05, 3.63) is 17.3 Å². The topological polar surface area (TPSA) is 90.1 Å². The van der Waals surface area contributed by atoms with Crippen molar-refractivity contribution in [3.63, 3.8) is 0 Å². The molecule has 8 heteroatoms. The van der Waals surface area contributed by atoms with Crippen LogP contribution in [0.4, 0.5) is 0 Å². The molecule has 0 aromatic carbocycles. The fourth-order valence-electron chi connectivity index (χ4n) is 8.81. The molecule has 36 heavy (non-hydrogen) atoms. The average molecular weight is 517 g/mol. The molecule has 1 N–H and O–H groups in total. The highest BCUT2D eigenvalue weighted by Crippen LogP contribution is 2.65. The smallest absolute Gasteiger partial charge is 0.178 e. The number of pyridine rings is 1. The highest BCUT2D eigenvalue weighted by atomic mass is 35.5. The molecule has 2 heterocycles. The van der Waals surface area contributed by atoms with Crippen molar-refractivity contribution in [2.45, 2.75) is 90.7 Å². The maximum absolute atomic E-state index is 13.4. The summed E-state index contributed by atoms with van der Waals surface area (Å²) < 4.78 is 7.49. The van der Waals surface area contributed by atoms with E-state index >= 15 is 0 Å². The highest BCUT2D eigenvalue weighted by Gasteiger charge is 2.59. The molecule has 0 spiro atoms. The number of ether oxygens (including phenoxy) is 1. The summed E-state index contributed by atoms with van der Waals surface area (Å²) in [7, 11) is 1.84. The van der Waals surface area contributed by atoms with Crippen LogP contribution in [0.2, 0.25) is 5.02 Å². The van der Waals surface area contributed by atoms with Gasteiger partial charge in [0.2, 0.25) is 0 Å². The second-order valence-electron chi connectivity index (χ2n) is 12.6. The Labute approximate surface area is 219 Å². The van der Waals surface area contributed by atoms with E-state index in [9.17, 15) is 9.90 Å². The largest absolute Gasteiger partial charge is 0.390 e. The van der Waals surface area contributed by atoms with Gasteiger partial charge in [-0.2, -0.15) is 0 Å². The number of Topliss-reactive ketones (excluding diaryl/α,β-unsaturated/α-hetero) is 1. The number of fused-ring (bicyclic) bond motifs is 4. The van der Waals surface area contributed by atoms with Crippen LogP contribution >= 0.6 is 11.6 Å². The van der Waals surface area contributed by atoms with Crippen LogP contribution in [0, 0.1) is 34.5 Å². The minimum atomic E-state index is -0.555. The minimum Gasteiger partial charge on any atom is -0.390 e. The molecule has 3 aliphatic rings.